The zero-order chi connectivity index (χ0) is 13.5. The predicted molar refractivity (Wildman–Crippen MR) is 68.4 cm³/mol. The van der Waals surface area contributed by atoms with Gasteiger partial charge >= 0.3 is 12.0 Å². The third kappa shape index (κ3) is 4.33. The third-order valence-electron chi connectivity index (χ3n) is 2.49. The maximum Gasteiger partial charge on any atom is 0.317 e. The van der Waals surface area contributed by atoms with E-state index in [0.717, 1.165) is 5.69 Å². The van der Waals surface area contributed by atoms with Crippen molar-refractivity contribution in [3.63, 3.8) is 0 Å². The molecule has 0 aliphatic rings. The second-order valence-electron chi connectivity index (χ2n) is 3.92. The lowest BCUT2D eigenvalue weighted by molar-refractivity contribution is -0.141. The fourth-order valence-corrected chi connectivity index (χ4v) is 1.93. The van der Waals surface area contributed by atoms with Gasteiger partial charge in [0.15, 0.2) is 0 Å². The summed E-state index contributed by atoms with van der Waals surface area (Å²) in [6.45, 7) is 4.44. The first-order valence-corrected chi connectivity index (χ1v) is 6.61. The third-order valence-corrected chi connectivity index (χ3v) is 3.12. The second-order valence-corrected chi connectivity index (χ2v) is 4.64. The van der Waals surface area contributed by atoms with E-state index >= 15 is 0 Å². The molecule has 1 aromatic heterocycles. The predicted octanol–water partition coefficient (Wildman–Crippen LogP) is 1.40. The van der Waals surface area contributed by atoms with E-state index in [1.165, 1.54) is 16.2 Å². The Bertz CT molecular complexity index is 394. The number of aromatic nitrogens is 1. The summed E-state index contributed by atoms with van der Waals surface area (Å²) in [6, 6.07) is -0.265. The van der Waals surface area contributed by atoms with Gasteiger partial charge in [-0.05, 0) is 6.92 Å². The van der Waals surface area contributed by atoms with Crippen molar-refractivity contribution in [2.45, 2.75) is 20.4 Å². The minimum absolute atomic E-state index is 0.203. The molecule has 2 N–H and O–H groups in total. The van der Waals surface area contributed by atoms with Gasteiger partial charge in [-0.25, -0.2) is 9.78 Å². The van der Waals surface area contributed by atoms with Crippen molar-refractivity contribution >= 4 is 23.3 Å². The molecule has 0 saturated heterocycles. The SMILES string of the molecule is CCN(CC(C)C(=O)O)C(=O)NCc1cscn1. The smallest absolute Gasteiger partial charge is 0.317 e. The topological polar surface area (TPSA) is 82.5 Å². The molecule has 18 heavy (non-hydrogen) atoms. The van der Waals surface area contributed by atoms with Gasteiger partial charge in [-0.2, -0.15) is 0 Å². The highest BCUT2D eigenvalue weighted by Crippen LogP contribution is 2.03. The number of nitrogens with one attached hydrogen (secondary N) is 1. The molecular weight excluding hydrogens is 254 g/mol. The van der Waals surface area contributed by atoms with Crippen LogP contribution in [0.4, 0.5) is 4.79 Å². The summed E-state index contributed by atoms with van der Waals surface area (Å²) < 4.78 is 0. The molecule has 1 rings (SSSR count). The highest BCUT2D eigenvalue weighted by Gasteiger charge is 2.18. The summed E-state index contributed by atoms with van der Waals surface area (Å²) in [5, 5.41) is 13.4. The number of urea groups is 1. The van der Waals surface area contributed by atoms with Crippen LogP contribution in [0.1, 0.15) is 19.5 Å². The van der Waals surface area contributed by atoms with Crippen molar-refractivity contribution in [1.82, 2.24) is 15.2 Å². The van der Waals surface area contributed by atoms with Gasteiger partial charge < -0.3 is 15.3 Å². The van der Waals surface area contributed by atoms with E-state index in [0.29, 0.717) is 13.1 Å². The normalized spacial score (nSPS) is 11.9. The molecule has 6 nitrogen and oxygen atoms in total. The fourth-order valence-electron chi connectivity index (χ4n) is 1.37. The first-order chi connectivity index (χ1) is 8.54. The van der Waals surface area contributed by atoms with Crippen LogP contribution in [-0.2, 0) is 11.3 Å². The number of aliphatic carboxylic acids is 1. The average Bonchev–Trinajstić information content (AvgIpc) is 2.85. The molecule has 1 atom stereocenters. The Morgan fingerprint density at radius 2 is 2.33 bits per heavy atom. The summed E-state index contributed by atoms with van der Waals surface area (Å²) in [5.74, 6) is -1.48. The molecule has 0 aliphatic carbocycles. The Balaban J connectivity index is 2.44. The molecule has 1 aromatic rings. The largest absolute Gasteiger partial charge is 0.481 e. The molecule has 0 saturated carbocycles. The number of hydrogen-bond acceptors (Lipinski definition) is 4. The number of nitrogens with zero attached hydrogens (tertiary/aromatic N) is 2. The van der Waals surface area contributed by atoms with Crippen molar-refractivity contribution in [1.29, 1.82) is 0 Å². The van der Waals surface area contributed by atoms with Crippen LogP contribution in [-0.4, -0.2) is 40.1 Å². The highest BCUT2D eigenvalue weighted by atomic mass is 32.1. The Kier molecular flexibility index (Phi) is 5.57. The summed E-state index contributed by atoms with van der Waals surface area (Å²) in [4.78, 5) is 28.1. The van der Waals surface area contributed by atoms with Crippen LogP contribution < -0.4 is 5.32 Å². The molecular formula is C11H17N3O3S. The van der Waals surface area contributed by atoms with Crippen molar-refractivity contribution < 1.29 is 14.7 Å². The van der Waals surface area contributed by atoms with Crippen LogP contribution in [0.15, 0.2) is 10.9 Å². The minimum atomic E-state index is -0.902. The molecule has 7 heteroatoms. The van der Waals surface area contributed by atoms with Crippen molar-refractivity contribution in [2.24, 2.45) is 5.92 Å². The number of hydrogen-bond donors (Lipinski definition) is 2. The summed E-state index contributed by atoms with van der Waals surface area (Å²) in [6.07, 6.45) is 0. The monoisotopic (exact) mass is 271 g/mol. The number of carboxylic acid groups (broad SMARTS) is 1. The number of carbonyl (C=O) groups is 2. The van der Waals surface area contributed by atoms with Gasteiger partial charge in [0.05, 0.1) is 23.7 Å². The zero-order valence-corrected chi connectivity index (χ0v) is 11.2. The van der Waals surface area contributed by atoms with Gasteiger partial charge in [0.2, 0.25) is 0 Å². The van der Waals surface area contributed by atoms with Crippen LogP contribution in [0, 0.1) is 5.92 Å². The molecule has 0 radical (unpaired) electrons. The number of amides is 2. The first kappa shape index (κ1) is 14.4. The first-order valence-electron chi connectivity index (χ1n) is 5.67. The van der Waals surface area contributed by atoms with Crippen molar-refractivity contribution in [3.8, 4) is 0 Å². The van der Waals surface area contributed by atoms with Crippen LogP contribution in [0.2, 0.25) is 0 Å². The van der Waals surface area contributed by atoms with Crippen LogP contribution in [0.25, 0.3) is 0 Å². The van der Waals surface area contributed by atoms with Gasteiger partial charge in [0.1, 0.15) is 0 Å². The van der Waals surface area contributed by atoms with E-state index in [4.69, 9.17) is 5.11 Å². The summed E-state index contributed by atoms with van der Waals surface area (Å²) in [7, 11) is 0. The lowest BCUT2D eigenvalue weighted by atomic mass is 10.2. The molecule has 1 unspecified atom stereocenters. The maximum atomic E-state index is 11.8. The Morgan fingerprint density at radius 3 is 2.83 bits per heavy atom. The van der Waals surface area contributed by atoms with Gasteiger partial charge in [-0.1, -0.05) is 6.92 Å². The molecule has 0 fully saturated rings. The van der Waals surface area contributed by atoms with E-state index < -0.39 is 11.9 Å². The van der Waals surface area contributed by atoms with E-state index in [1.54, 1.807) is 12.4 Å². The van der Waals surface area contributed by atoms with Gasteiger partial charge in [-0.15, -0.1) is 11.3 Å². The molecule has 0 bridgehead atoms. The fraction of sp³-hybridized carbons (Fsp3) is 0.545. The number of thiazole rings is 1. The van der Waals surface area contributed by atoms with E-state index in [1.807, 2.05) is 12.3 Å². The van der Waals surface area contributed by atoms with E-state index in [9.17, 15) is 9.59 Å². The van der Waals surface area contributed by atoms with Crippen LogP contribution in [0.5, 0.6) is 0 Å². The van der Waals surface area contributed by atoms with Gasteiger partial charge in [-0.3, -0.25) is 4.79 Å². The van der Waals surface area contributed by atoms with Crippen molar-refractivity contribution in [2.75, 3.05) is 13.1 Å². The van der Waals surface area contributed by atoms with Gasteiger partial charge in [0.25, 0.3) is 0 Å². The standard InChI is InChI=1S/C11H17N3O3S/c1-3-14(5-8(2)10(15)16)11(17)12-4-9-6-18-7-13-9/h6-8H,3-5H2,1-2H3,(H,12,17)(H,15,16). The zero-order valence-electron chi connectivity index (χ0n) is 10.4. The van der Waals surface area contributed by atoms with E-state index in [2.05, 4.69) is 10.3 Å². The number of carbonyl (C=O) groups excluding carboxylic acids is 1. The molecule has 2 amide bonds. The molecule has 0 spiro atoms. The molecule has 100 valence electrons. The molecule has 0 aromatic carbocycles. The molecule has 1 heterocycles. The second kappa shape index (κ2) is 6.95. The Hall–Kier alpha value is -1.63. The highest BCUT2D eigenvalue weighted by molar-refractivity contribution is 7.07. The Morgan fingerprint density at radius 1 is 1.61 bits per heavy atom. The number of rotatable bonds is 6. The lowest BCUT2D eigenvalue weighted by Crippen LogP contribution is -2.42. The maximum absolute atomic E-state index is 11.8. The lowest BCUT2D eigenvalue weighted by Gasteiger charge is -2.23. The van der Waals surface area contributed by atoms with Gasteiger partial charge in [0, 0.05) is 18.5 Å². The number of carboxylic acids is 1. The van der Waals surface area contributed by atoms with Crippen LogP contribution in [0.3, 0.4) is 0 Å². The van der Waals surface area contributed by atoms with E-state index in [-0.39, 0.29) is 12.6 Å². The summed E-state index contributed by atoms with van der Waals surface area (Å²) in [5.41, 5.74) is 2.50. The van der Waals surface area contributed by atoms with Crippen LogP contribution >= 0.6 is 11.3 Å². The average molecular weight is 271 g/mol. The van der Waals surface area contributed by atoms with Crippen molar-refractivity contribution in [3.05, 3.63) is 16.6 Å². The Labute approximate surface area is 110 Å². The summed E-state index contributed by atoms with van der Waals surface area (Å²) >= 11 is 1.47. The quantitative estimate of drug-likeness (QED) is 0.819. The minimum Gasteiger partial charge on any atom is -0.481 e. The molecule has 0 aliphatic heterocycles.